The summed E-state index contributed by atoms with van der Waals surface area (Å²) in [4.78, 5) is 19.7. The van der Waals surface area contributed by atoms with Crippen LogP contribution in [0.1, 0.15) is 36.3 Å². The van der Waals surface area contributed by atoms with Gasteiger partial charge < -0.3 is 9.72 Å². The molecular weight excluding hydrogens is 324 g/mol. The molecule has 0 saturated carbocycles. The lowest BCUT2D eigenvalue weighted by Gasteiger charge is -2.12. The van der Waals surface area contributed by atoms with E-state index in [1.807, 2.05) is 18.2 Å². The number of pyridine rings is 1. The van der Waals surface area contributed by atoms with Crippen molar-refractivity contribution in [2.75, 3.05) is 6.61 Å². The number of ether oxygens (including phenoxy) is 1. The minimum absolute atomic E-state index is 0.331. The predicted octanol–water partition coefficient (Wildman–Crippen LogP) is 4.89. The van der Waals surface area contributed by atoms with E-state index in [1.165, 1.54) is 0 Å². The van der Waals surface area contributed by atoms with Crippen LogP contribution < -0.4 is 0 Å². The highest BCUT2D eigenvalue weighted by atomic mass is 35.5. The Kier molecular flexibility index (Phi) is 4.86. The highest BCUT2D eigenvalue weighted by molar-refractivity contribution is 6.29. The third-order valence-electron chi connectivity index (χ3n) is 3.91. The van der Waals surface area contributed by atoms with Crippen LogP contribution >= 0.6 is 11.6 Å². The molecule has 1 unspecified atom stereocenters. The van der Waals surface area contributed by atoms with Crippen molar-refractivity contribution < 1.29 is 9.53 Å². The second kappa shape index (κ2) is 7.05. The molecule has 0 amide bonds. The molecule has 1 aliphatic carbocycles. The first-order chi connectivity index (χ1) is 11.6. The van der Waals surface area contributed by atoms with Crippen LogP contribution in [-0.2, 0) is 4.74 Å². The van der Waals surface area contributed by atoms with Gasteiger partial charge in [-0.3, -0.25) is 0 Å². The number of hydrogen-bond donors (Lipinski definition) is 1. The lowest BCUT2D eigenvalue weighted by atomic mass is 9.95. The Morgan fingerprint density at radius 2 is 2.29 bits per heavy atom. The third-order valence-corrected chi connectivity index (χ3v) is 4.12. The fraction of sp³-hybridized carbons (Fsp3) is 0.263. The molecule has 1 atom stereocenters. The average Bonchev–Trinajstić information content (AvgIpc) is 3.00. The van der Waals surface area contributed by atoms with Gasteiger partial charge in [-0.25, -0.2) is 9.78 Å². The minimum Gasteiger partial charge on any atom is -0.462 e. The lowest BCUT2D eigenvalue weighted by Crippen LogP contribution is -2.07. The van der Waals surface area contributed by atoms with Crippen LogP contribution in [-0.4, -0.2) is 22.5 Å². The topological polar surface area (TPSA) is 55.0 Å². The number of carbonyl (C=O) groups excluding carboxylic acids is 1. The van der Waals surface area contributed by atoms with E-state index in [0.717, 1.165) is 28.9 Å². The van der Waals surface area contributed by atoms with E-state index in [0.29, 0.717) is 23.2 Å². The highest BCUT2D eigenvalue weighted by Crippen LogP contribution is 2.31. The summed E-state index contributed by atoms with van der Waals surface area (Å²) in [5, 5.41) is 0.409. The van der Waals surface area contributed by atoms with Crippen LogP contribution in [0.5, 0.6) is 0 Å². The molecule has 24 heavy (non-hydrogen) atoms. The van der Waals surface area contributed by atoms with Gasteiger partial charge in [-0.15, -0.1) is 0 Å². The maximum Gasteiger partial charge on any atom is 0.340 e. The van der Waals surface area contributed by atoms with Crippen molar-refractivity contribution in [3.63, 3.8) is 0 Å². The Morgan fingerprint density at radius 1 is 1.46 bits per heavy atom. The normalized spacial score (nSPS) is 16.8. The number of nitrogens with zero attached hydrogens (tertiary/aromatic N) is 1. The van der Waals surface area contributed by atoms with E-state index >= 15 is 0 Å². The second-order valence-corrected chi connectivity index (χ2v) is 6.18. The van der Waals surface area contributed by atoms with Gasteiger partial charge in [0, 0.05) is 17.5 Å². The molecule has 5 heteroatoms. The molecule has 2 heterocycles. The Labute approximate surface area is 146 Å². The molecule has 0 aliphatic heterocycles. The largest absolute Gasteiger partial charge is 0.462 e. The number of hydrogen-bond acceptors (Lipinski definition) is 3. The highest BCUT2D eigenvalue weighted by Gasteiger charge is 2.20. The summed E-state index contributed by atoms with van der Waals surface area (Å²) in [5.41, 5.74) is 4.00. The first-order valence-corrected chi connectivity index (χ1v) is 8.37. The van der Waals surface area contributed by atoms with E-state index in [1.54, 1.807) is 19.2 Å². The average molecular weight is 343 g/mol. The Hall–Kier alpha value is -2.33. The second-order valence-electron chi connectivity index (χ2n) is 5.80. The van der Waals surface area contributed by atoms with Crippen molar-refractivity contribution >= 4 is 23.1 Å². The molecular formula is C19H19ClN2O2. The van der Waals surface area contributed by atoms with Gasteiger partial charge in [0.15, 0.2) is 0 Å². The zero-order valence-electron chi connectivity index (χ0n) is 13.7. The summed E-state index contributed by atoms with van der Waals surface area (Å²) in [5.74, 6) is 0.102. The van der Waals surface area contributed by atoms with Crippen LogP contribution in [0.3, 0.4) is 0 Å². The number of carbonyl (C=O) groups is 1. The van der Waals surface area contributed by atoms with Crippen molar-refractivity contribution in [1.29, 1.82) is 0 Å². The van der Waals surface area contributed by atoms with E-state index in [-0.39, 0.29) is 5.97 Å². The van der Waals surface area contributed by atoms with Gasteiger partial charge in [0.1, 0.15) is 5.15 Å². The van der Waals surface area contributed by atoms with Gasteiger partial charge in [-0.2, -0.15) is 0 Å². The van der Waals surface area contributed by atoms with Crippen molar-refractivity contribution in [2.24, 2.45) is 5.92 Å². The quantitative estimate of drug-likeness (QED) is 0.636. The Balaban J connectivity index is 2.09. The molecule has 1 N–H and O–H groups in total. The van der Waals surface area contributed by atoms with Crippen LogP contribution in [0.25, 0.3) is 16.8 Å². The molecule has 1 aliphatic rings. The van der Waals surface area contributed by atoms with Crippen molar-refractivity contribution in [3.05, 3.63) is 59.0 Å². The van der Waals surface area contributed by atoms with E-state index < -0.39 is 0 Å². The molecule has 2 aromatic rings. The third kappa shape index (κ3) is 3.44. The summed E-state index contributed by atoms with van der Waals surface area (Å²) in [6.45, 7) is 4.29. The summed E-state index contributed by atoms with van der Waals surface area (Å²) in [6, 6.07) is 5.43. The summed E-state index contributed by atoms with van der Waals surface area (Å²) < 4.78 is 5.21. The number of esters is 1. The predicted molar refractivity (Wildman–Crippen MR) is 95.9 cm³/mol. The minimum atomic E-state index is -0.331. The lowest BCUT2D eigenvalue weighted by molar-refractivity contribution is 0.0526. The number of aromatic nitrogens is 2. The smallest absolute Gasteiger partial charge is 0.340 e. The van der Waals surface area contributed by atoms with Gasteiger partial charge in [0.2, 0.25) is 0 Å². The van der Waals surface area contributed by atoms with Crippen LogP contribution in [0.15, 0.2) is 42.6 Å². The number of nitrogens with one attached hydrogen (secondary N) is 1. The van der Waals surface area contributed by atoms with Crippen molar-refractivity contribution in [2.45, 2.75) is 20.3 Å². The maximum absolute atomic E-state index is 12.4. The molecule has 0 radical (unpaired) electrons. The zero-order chi connectivity index (χ0) is 17.1. The molecule has 0 aromatic carbocycles. The summed E-state index contributed by atoms with van der Waals surface area (Å²) in [7, 11) is 0. The SMILES string of the molecule is CCOC(=O)c1cc(-c2ccnc(Cl)c2)[nH]c1C1=CC(C)CC=C1. The number of allylic oxidation sites excluding steroid dienone is 4. The molecule has 0 spiro atoms. The van der Waals surface area contributed by atoms with E-state index in [2.05, 4.69) is 29.0 Å². The van der Waals surface area contributed by atoms with Crippen LogP contribution in [0.2, 0.25) is 5.15 Å². The van der Waals surface area contributed by atoms with Crippen molar-refractivity contribution in [1.82, 2.24) is 9.97 Å². The number of aromatic amines is 1. The van der Waals surface area contributed by atoms with E-state index in [4.69, 9.17) is 16.3 Å². The molecule has 3 rings (SSSR count). The molecule has 0 fully saturated rings. The van der Waals surface area contributed by atoms with Gasteiger partial charge in [0.05, 0.1) is 17.9 Å². The molecule has 0 saturated heterocycles. The van der Waals surface area contributed by atoms with Gasteiger partial charge in [-0.05, 0) is 43.0 Å². The molecule has 2 aromatic heterocycles. The van der Waals surface area contributed by atoms with Gasteiger partial charge in [0.25, 0.3) is 0 Å². The molecule has 4 nitrogen and oxygen atoms in total. The fourth-order valence-electron chi connectivity index (χ4n) is 2.78. The zero-order valence-corrected chi connectivity index (χ0v) is 14.4. The molecule has 0 bridgehead atoms. The molecule has 124 valence electrons. The Bertz CT molecular complexity index is 821. The maximum atomic E-state index is 12.4. The summed E-state index contributed by atoms with van der Waals surface area (Å²) in [6.07, 6.45) is 8.98. The Morgan fingerprint density at radius 3 is 3.00 bits per heavy atom. The van der Waals surface area contributed by atoms with Gasteiger partial charge >= 0.3 is 5.97 Å². The first kappa shape index (κ1) is 16.5. The standard InChI is InChI=1S/C19H19ClN2O2/c1-3-24-19(23)15-11-16(13-7-8-21-17(20)10-13)22-18(15)14-6-4-5-12(2)9-14/h4,6-12,22H,3,5H2,1-2H3. The van der Waals surface area contributed by atoms with Crippen LogP contribution in [0.4, 0.5) is 0 Å². The van der Waals surface area contributed by atoms with Gasteiger partial charge in [-0.1, -0.05) is 36.8 Å². The van der Waals surface area contributed by atoms with E-state index in [9.17, 15) is 4.79 Å². The first-order valence-electron chi connectivity index (χ1n) is 7.99. The fourth-order valence-corrected chi connectivity index (χ4v) is 2.96. The monoisotopic (exact) mass is 342 g/mol. The van der Waals surface area contributed by atoms with Crippen LogP contribution in [0, 0.1) is 5.92 Å². The number of halogens is 1. The van der Waals surface area contributed by atoms with Crippen molar-refractivity contribution in [3.8, 4) is 11.3 Å². The number of H-pyrrole nitrogens is 1. The summed E-state index contributed by atoms with van der Waals surface area (Å²) >= 11 is 5.98. The number of rotatable bonds is 4.